The van der Waals surface area contributed by atoms with Crippen molar-refractivity contribution in [1.29, 1.82) is 0 Å². The van der Waals surface area contributed by atoms with Gasteiger partial charge in [0.15, 0.2) is 0 Å². The van der Waals surface area contributed by atoms with Crippen molar-refractivity contribution >= 4 is 32.8 Å². The summed E-state index contributed by atoms with van der Waals surface area (Å²) in [5.74, 6) is 5.02. The van der Waals surface area contributed by atoms with E-state index in [1.807, 2.05) is 73.9 Å². The monoisotopic (exact) mass is 598 g/mol. The van der Waals surface area contributed by atoms with Crippen LogP contribution in [-0.2, 0) is 12.5 Å². The number of rotatable bonds is 4. The fourth-order valence-corrected chi connectivity index (χ4v) is 7.13. The second-order valence-electron chi connectivity index (χ2n) is 12.4. The number of aryl methyl sites for hydroxylation is 1. The molecule has 0 saturated heterocycles. The van der Waals surface area contributed by atoms with Gasteiger partial charge in [-0.2, -0.15) is 0 Å². The Morgan fingerprint density at radius 3 is 2.39 bits per heavy atom. The molecule has 0 radical (unpaired) electrons. The van der Waals surface area contributed by atoms with Crippen LogP contribution >= 0.6 is 0 Å². The molecule has 0 spiro atoms. The first-order valence-electron chi connectivity index (χ1n) is 15.5. The highest BCUT2D eigenvalue weighted by Gasteiger charge is 2.37. The molecule has 5 aromatic carbocycles. The van der Waals surface area contributed by atoms with E-state index in [0.29, 0.717) is 0 Å². The first-order valence-corrected chi connectivity index (χ1v) is 15.5. The van der Waals surface area contributed by atoms with Crippen molar-refractivity contribution < 1.29 is 9.47 Å². The van der Waals surface area contributed by atoms with E-state index < -0.39 is 0 Å². The van der Waals surface area contributed by atoms with Crippen LogP contribution in [0.2, 0.25) is 0 Å². The van der Waals surface area contributed by atoms with Gasteiger partial charge in [-0.1, -0.05) is 62.4 Å². The van der Waals surface area contributed by atoms with Gasteiger partial charge in [0.2, 0.25) is 0 Å². The highest BCUT2D eigenvalue weighted by Crippen LogP contribution is 2.52. The highest BCUT2D eigenvalue weighted by molar-refractivity contribution is 6.12. The molecular weight excluding hydrogens is 568 g/mol. The number of benzene rings is 5. The summed E-state index contributed by atoms with van der Waals surface area (Å²) in [4.78, 5) is 9.66. The molecular formula is C40H30N4O2. The molecule has 6 nitrogen and oxygen atoms in total. The fraction of sp³-hybridized carbons (Fsp3) is 0.100. The Morgan fingerprint density at radius 2 is 1.52 bits per heavy atom. The number of nitrogens with zero attached hydrogens (tertiary/aromatic N) is 4. The summed E-state index contributed by atoms with van der Waals surface area (Å²) in [6.07, 6.45) is 1.83. The van der Waals surface area contributed by atoms with Crippen LogP contribution < -0.4 is 9.47 Å². The SMILES string of the molecule is Cn1c(-c2cccc(Oc3ccc4c5c6c(ccc5n(-c5ccccn5)c4c3)Oc3ccccc3C6(C)C)c2)nc2ccccc21. The molecule has 0 bridgehead atoms. The Bertz CT molecular complexity index is 2470. The summed E-state index contributed by atoms with van der Waals surface area (Å²) >= 11 is 0. The molecule has 6 heteroatoms. The number of para-hydroxylation sites is 3. The Morgan fingerprint density at radius 1 is 0.696 bits per heavy atom. The maximum absolute atomic E-state index is 6.55. The van der Waals surface area contributed by atoms with Gasteiger partial charge in [0.1, 0.15) is 34.6 Å². The summed E-state index contributed by atoms with van der Waals surface area (Å²) < 4.78 is 17.4. The van der Waals surface area contributed by atoms with E-state index in [0.717, 1.165) is 73.0 Å². The van der Waals surface area contributed by atoms with Crippen LogP contribution in [0.4, 0.5) is 0 Å². The molecule has 1 aliphatic heterocycles. The van der Waals surface area contributed by atoms with Crippen LogP contribution in [-0.4, -0.2) is 19.1 Å². The summed E-state index contributed by atoms with van der Waals surface area (Å²) in [5, 5.41) is 2.28. The van der Waals surface area contributed by atoms with Crippen LogP contribution in [0, 0.1) is 0 Å². The average Bonchev–Trinajstić information content (AvgIpc) is 3.59. The van der Waals surface area contributed by atoms with Gasteiger partial charge in [0, 0.05) is 52.2 Å². The molecule has 0 amide bonds. The van der Waals surface area contributed by atoms with Crippen molar-refractivity contribution in [1.82, 2.24) is 19.1 Å². The minimum Gasteiger partial charge on any atom is -0.457 e. The lowest BCUT2D eigenvalue weighted by atomic mass is 9.74. The predicted octanol–water partition coefficient (Wildman–Crippen LogP) is 9.96. The Hall–Kier alpha value is -5.88. The summed E-state index contributed by atoms with van der Waals surface area (Å²) in [5.41, 5.74) is 7.22. The quantitative estimate of drug-likeness (QED) is 0.202. The van der Waals surface area contributed by atoms with Crippen LogP contribution in [0.1, 0.15) is 25.0 Å². The van der Waals surface area contributed by atoms with Gasteiger partial charge in [-0.05, 0) is 66.7 Å². The highest BCUT2D eigenvalue weighted by atomic mass is 16.5. The van der Waals surface area contributed by atoms with Crippen molar-refractivity contribution in [3.63, 3.8) is 0 Å². The molecule has 0 unspecified atom stereocenters. The molecule has 0 fully saturated rings. The minimum atomic E-state index is -0.279. The first kappa shape index (κ1) is 26.5. The molecule has 46 heavy (non-hydrogen) atoms. The van der Waals surface area contributed by atoms with E-state index in [1.165, 1.54) is 11.1 Å². The van der Waals surface area contributed by atoms with Crippen LogP contribution in [0.3, 0.4) is 0 Å². The number of imidazole rings is 1. The van der Waals surface area contributed by atoms with Gasteiger partial charge < -0.3 is 14.0 Å². The number of fused-ring (bicyclic) bond motifs is 7. The normalized spacial score (nSPS) is 13.5. The van der Waals surface area contributed by atoms with Crippen LogP contribution in [0.25, 0.3) is 50.0 Å². The molecule has 3 aromatic heterocycles. The van der Waals surface area contributed by atoms with E-state index in [2.05, 4.69) is 83.6 Å². The maximum Gasteiger partial charge on any atom is 0.140 e. The maximum atomic E-state index is 6.55. The largest absolute Gasteiger partial charge is 0.457 e. The summed E-state index contributed by atoms with van der Waals surface area (Å²) in [7, 11) is 2.05. The van der Waals surface area contributed by atoms with E-state index in [4.69, 9.17) is 19.4 Å². The molecule has 4 heterocycles. The number of pyridine rings is 1. The second kappa shape index (κ2) is 9.81. The lowest BCUT2D eigenvalue weighted by Gasteiger charge is -2.35. The molecule has 0 saturated carbocycles. The van der Waals surface area contributed by atoms with Gasteiger partial charge in [-0.15, -0.1) is 0 Å². The number of aromatic nitrogens is 4. The molecule has 0 atom stereocenters. The lowest BCUT2D eigenvalue weighted by molar-refractivity contribution is 0.420. The van der Waals surface area contributed by atoms with Crippen LogP contribution in [0.15, 0.2) is 128 Å². The standard InChI is InChI=1S/C40H30N4O2/c1-40(2)29-13-4-7-16-34(29)46-35-21-20-32-37(38(35)40)28-19-18-27(24-33(28)44(32)36-17-8-9-22-41-36)45-26-12-10-11-25(23-26)39-42-30-14-5-6-15-31(30)43(39)3/h4-24H,1-3H3. The Kier molecular flexibility index (Phi) is 5.66. The molecule has 9 rings (SSSR count). The van der Waals surface area contributed by atoms with Gasteiger partial charge in [-0.25, -0.2) is 9.97 Å². The van der Waals surface area contributed by atoms with E-state index in [9.17, 15) is 0 Å². The summed E-state index contributed by atoms with van der Waals surface area (Å²) in [6, 6.07) is 41.2. The summed E-state index contributed by atoms with van der Waals surface area (Å²) in [6.45, 7) is 4.57. The second-order valence-corrected chi connectivity index (χ2v) is 12.4. The number of ether oxygens (including phenoxy) is 2. The van der Waals surface area contributed by atoms with Crippen LogP contribution in [0.5, 0.6) is 23.0 Å². The predicted molar refractivity (Wildman–Crippen MR) is 183 cm³/mol. The minimum absolute atomic E-state index is 0.279. The third-order valence-corrected chi connectivity index (χ3v) is 9.26. The number of hydrogen-bond acceptors (Lipinski definition) is 4. The average molecular weight is 599 g/mol. The molecule has 1 aliphatic rings. The zero-order chi connectivity index (χ0) is 31.0. The van der Waals surface area contributed by atoms with Crippen molar-refractivity contribution in [2.45, 2.75) is 19.3 Å². The van der Waals surface area contributed by atoms with Crippen molar-refractivity contribution in [2.75, 3.05) is 0 Å². The van der Waals surface area contributed by atoms with E-state index in [1.54, 1.807) is 0 Å². The first-order chi connectivity index (χ1) is 22.5. The molecule has 222 valence electrons. The molecule has 0 N–H and O–H groups in total. The van der Waals surface area contributed by atoms with Crippen molar-refractivity contribution in [3.8, 4) is 40.2 Å². The van der Waals surface area contributed by atoms with Gasteiger partial charge in [0.05, 0.1) is 22.1 Å². The van der Waals surface area contributed by atoms with Gasteiger partial charge in [0.25, 0.3) is 0 Å². The Balaban J connectivity index is 1.20. The van der Waals surface area contributed by atoms with E-state index >= 15 is 0 Å². The van der Waals surface area contributed by atoms with Crippen molar-refractivity contribution in [3.05, 3.63) is 139 Å². The zero-order valence-electron chi connectivity index (χ0n) is 25.7. The lowest BCUT2D eigenvalue weighted by Crippen LogP contribution is -2.24. The third-order valence-electron chi connectivity index (χ3n) is 9.26. The van der Waals surface area contributed by atoms with E-state index in [-0.39, 0.29) is 5.41 Å². The number of hydrogen-bond donors (Lipinski definition) is 0. The fourth-order valence-electron chi connectivity index (χ4n) is 7.13. The smallest absolute Gasteiger partial charge is 0.140 e. The third kappa shape index (κ3) is 3.90. The topological polar surface area (TPSA) is 54.1 Å². The van der Waals surface area contributed by atoms with Gasteiger partial charge in [-0.3, -0.25) is 4.57 Å². The zero-order valence-corrected chi connectivity index (χ0v) is 25.7. The molecule has 0 aliphatic carbocycles. The molecule has 8 aromatic rings. The van der Waals surface area contributed by atoms with Crippen molar-refractivity contribution in [2.24, 2.45) is 7.05 Å². The Labute approximate surface area is 266 Å². The van der Waals surface area contributed by atoms with Gasteiger partial charge >= 0.3 is 0 Å².